The van der Waals surface area contributed by atoms with Crippen molar-refractivity contribution in [3.8, 4) is 0 Å². The Labute approximate surface area is 157 Å². The lowest BCUT2D eigenvalue weighted by molar-refractivity contribution is -0.384. The van der Waals surface area contributed by atoms with E-state index in [1.807, 2.05) is 30.3 Å². The molecule has 138 valence electrons. The van der Waals surface area contributed by atoms with Gasteiger partial charge >= 0.3 is 0 Å². The molecule has 1 heterocycles. The summed E-state index contributed by atoms with van der Waals surface area (Å²) in [5.41, 5.74) is 3.94. The molecule has 0 spiro atoms. The molecular weight excluding hydrogens is 342 g/mol. The summed E-state index contributed by atoms with van der Waals surface area (Å²) in [5.74, 6) is 0.0746. The van der Waals surface area contributed by atoms with Gasteiger partial charge in [0, 0.05) is 29.8 Å². The molecule has 2 aromatic carbocycles. The second-order valence-electron chi connectivity index (χ2n) is 7.93. The van der Waals surface area contributed by atoms with Crippen molar-refractivity contribution in [1.82, 2.24) is 0 Å². The number of hydrogen-bond donors (Lipinski definition) is 2. The van der Waals surface area contributed by atoms with Crippen LogP contribution < -0.4 is 10.6 Å². The maximum absolute atomic E-state index is 13.1. The van der Waals surface area contributed by atoms with Crippen molar-refractivity contribution in [3.05, 3.63) is 75.5 Å². The first-order valence-corrected chi connectivity index (χ1v) is 8.97. The van der Waals surface area contributed by atoms with Gasteiger partial charge in [0.2, 0.25) is 0 Å². The normalized spacial score (nSPS) is 20.7. The van der Waals surface area contributed by atoms with Gasteiger partial charge in [-0.3, -0.25) is 14.9 Å². The van der Waals surface area contributed by atoms with Crippen LogP contribution in [0.5, 0.6) is 0 Å². The largest absolute Gasteiger partial charge is 0.372 e. The van der Waals surface area contributed by atoms with Crippen molar-refractivity contribution in [2.45, 2.75) is 32.7 Å². The summed E-state index contributed by atoms with van der Waals surface area (Å²) in [4.78, 5) is 23.9. The van der Waals surface area contributed by atoms with Gasteiger partial charge < -0.3 is 10.6 Å². The zero-order valence-electron chi connectivity index (χ0n) is 15.3. The molecule has 0 unspecified atom stereocenters. The number of non-ortho nitro benzene ring substituents is 1. The number of benzene rings is 2. The van der Waals surface area contributed by atoms with Crippen molar-refractivity contribution in [2.24, 2.45) is 5.41 Å². The predicted molar refractivity (Wildman–Crippen MR) is 105 cm³/mol. The van der Waals surface area contributed by atoms with Crippen LogP contribution >= 0.6 is 0 Å². The number of ketones is 1. The average Bonchev–Trinajstić information content (AvgIpc) is 2.77. The second kappa shape index (κ2) is 6.23. The van der Waals surface area contributed by atoms with Crippen LogP contribution in [-0.4, -0.2) is 10.7 Å². The second-order valence-corrected chi connectivity index (χ2v) is 7.93. The lowest BCUT2D eigenvalue weighted by atomic mass is 9.73. The summed E-state index contributed by atoms with van der Waals surface area (Å²) in [6, 6.07) is 13.9. The van der Waals surface area contributed by atoms with Gasteiger partial charge in [0.15, 0.2) is 5.78 Å². The fraction of sp³-hybridized carbons (Fsp3) is 0.286. The van der Waals surface area contributed by atoms with E-state index in [4.69, 9.17) is 0 Å². The van der Waals surface area contributed by atoms with Crippen LogP contribution in [0.4, 0.5) is 17.1 Å². The molecule has 0 saturated carbocycles. The number of rotatable bonds is 2. The Hall–Kier alpha value is -3.15. The molecule has 6 heteroatoms. The summed E-state index contributed by atoms with van der Waals surface area (Å²) in [6.07, 6.45) is 1.20. The van der Waals surface area contributed by atoms with Crippen molar-refractivity contribution in [2.75, 3.05) is 10.6 Å². The topological polar surface area (TPSA) is 84.3 Å². The first-order valence-electron chi connectivity index (χ1n) is 8.97. The van der Waals surface area contributed by atoms with Crippen molar-refractivity contribution in [1.29, 1.82) is 0 Å². The van der Waals surface area contributed by atoms with E-state index in [9.17, 15) is 14.9 Å². The molecule has 2 aliphatic rings. The Balaban J connectivity index is 1.89. The number of para-hydroxylation sites is 2. The van der Waals surface area contributed by atoms with Gasteiger partial charge in [0.25, 0.3) is 5.69 Å². The minimum absolute atomic E-state index is 0.0190. The van der Waals surface area contributed by atoms with E-state index in [1.165, 1.54) is 6.07 Å². The molecule has 2 aromatic rings. The van der Waals surface area contributed by atoms with Crippen LogP contribution in [0.2, 0.25) is 0 Å². The minimum Gasteiger partial charge on any atom is -0.372 e. The Morgan fingerprint density at radius 1 is 1.07 bits per heavy atom. The third-order valence-electron chi connectivity index (χ3n) is 5.14. The molecule has 0 fully saturated rings. The Kier molecular flexibility index (Phi) is 3.98. The molecule has 0 bridgehead atoms. The van der Waals surface area contributed by atoms with E-state index in [0.717, 1.165) is 23.5 Å². The number of Topliss-reactive ketones (excluding diaryl/α,β-unsaturated/α-hetero) is 1. The summed E-state index contributed by atoms with van der Waals surface area (Å²) in [7, 11) is 0. The summed E-state index contributed by atoms with van der Waals surface area (Å²) >= 11 is 0. The summed E-state index contributed by atoms with van der Waals surface area (Å²) < 4.78 is 0. The van der Waals surface area contributed by atoms with E-state index in [2.05, 4.69) is 24.5 Å². The van der Waals surface area contributed by atoms with Gasteiger partial charge in [-0.15, -0.1) is 0 Å². The highest BCUT2D eigenvalue weighted by Gasteiger charge is 2.38. The van der Waals surface area contributed by atoms with Crippen LogP contribution in [0.25, 0.3) is 0 Å². The minimum atomic E-state index is -0.431. The van der Waals surface area contributed by atoms with Gasteiger partial charge in [0.1, 0.15) is 0 Å². The number of nitrogens with one attached hydrogen (secondary N) is 2. The fourth-order valence-corrected chi connectivity index (χ4v) is 3.96. The molecule has 0 amide bonds. The monoisotopic (exact) mass is 363 g/mol. The highest BCUT2D eigenvalue weighted by atomic mass is 16.6. The number of carbonyl (C=O) groups is 1. The van der Waals surface area contributed by atoms with E-state index >= 15 is 0 Å². The molecular formula is C21H21N3O3. The van der Waals surface area contributed by atoms with E-state index in [0.29, 0.717) is 17.6 Å². The molecule has 1 aliphatic heterocycles. The van der Waals surface area contributed by atoms with E-state index in [1.54, 1.807) is 12.1 Å². The van der Waals surface area contributed by atoms with Crippen LogP contribution in [0.1, 0.15) is 38.3 Å². The van der Waals surface area contributed by atoms with Crippen molar-refractivity contribution in [3.63, 3.8) is 0 Å². The van der Waals surface area contributed by atoms with Crippen LogP contribution in [0, 0.1) is 15.5 Å². The number of nitro benzene ring substituents is 1. The number of fused-ring (bicyclic) bond motifs is 1. The van der Waals surface area contributed by atoms with Gasteiger partial charge in [-0.05, 0) is 29.5 Å². The highest BCUT2D eigenvalue weighted by molar-refractivity contribution is 6.01. The highest BCUT2D eigenvalue weighted by Crippen LogP contribution is 2.45. The van der Waals surface area contributed by atoms with Gasteiger partial charge in [0.05, 0.1) is 22.3 Å². The summed E-state index contributed by atoms with van der Waals surface area (Å²) in [5, 5.41) is 18.1. The number of nitrogens with zero attached hydrogens (tertiary/aromatic N) is 1. The quantitative estimate of drug-likeness (QED) is 0.590. The fourth-order valence-electron chi connectivity index (χ4n) is 3.96. The van der Waals surface area contributed by atoms with Crippen LogP contribution in [0.3, 0.4) is 0 Å². The summed E-state index contributed by atoms with van der Waals surface area (Å²) in [6.45, 7) is 4.17. The predicted octanol–water partition coefficient (Wildman–Crippen LogP) is 4.82. The standard InChI is InChI=1S/C21H21N3O3/c1-21(2)11-17-19(18(25)12-21)20(13-6-5-7-14(10-13)24(26)27)23-16-9-4-3-8-15(16)22-17/h3-10,20,22-23H,11-12H2,1-2H3/t20-/m0/s1. The van der Waals surface area contributed by atoms with E-state index in [-0.39, 0.29) is 16.9 Å². The molecule has 2 N–H and O–H groups in total. The Morgan fingerprint density at radius 3 is 2.56 bits per heavy atom. The zero-order chi connectivity index (χ0) is 19.2. The zero-order valence-corrected chi connectivity index (χ0v) is 15.3. The molecule has 27 heavy (non-hydrogen) atoms. The number of carbonyl (C=O) groups excluding carboxylic acids is 1. The van der Waals surface area contributed by atoms with E-state index < -0.39 is 11.0 Å². The average molecular weight is 363 g/mol. The number of allylic oxidation sites excluding steroid dienone is 1. The van der Waals surface area contributed by atoms with Crippen LogP contribution in [-0.2, 0) is 4.79 Å². The Bertz CT molecular complexity index is 978. The Morgan fingerprint density at radius 2 is 1.81 bits per heavy atom. The number of anilines is 2. The van der Waals surface area contributed by atoms with Gasteiger partial charge in [-0.25, -0.2) is 0 Å². The third-order valence-corrected chi connectivity index (χ3v) is 5.14. The molecule has 1 aliphatic carbocycles. The maximum atomic E-state index is 13.1. The molecule has 0 aromatic heterocycles. The molecule has 0 radical (unpaired) electrons. The lowest BCUT2D eigenvalue weighted by Crippen LogP contribution is -2.31. The van der Waals surface area contributed by atoms with Gasteiger partial charge in [-0.1, -0.05) is 38.1 Å². The number of hydrogen-bond acceptors (Lipinski definition) is 5. The van der Waals surface area contributed by atoms with Crippen molar-refractivity contribution < 1.29 is 9.72 Å². The molecule has 1 atom stereocenters. The smallest absolute Gasteiger partial charge is 0.269 e. The molecule has 4 rings (SSSR count). The first kappa shape index (κ1) is 17.3. The number of nitro groups is 1. The maximum Gasteiger partial charge on any atom is 0.269 e. The van der Waals surface area contributed by atoms with Crippen LogP contribution in [0.15, 0.2) is 59.8 Å². The van der Waals surface area contributed by atoms with Crippen molar-refractivity contribution >= 4 is 22.8 Å². The molecule has 6 nitrogen and oxygen atoms in total. The third kappa shape index (κ3) is 3.18. The molecule has 0 saturated heterocycles. The SMILES string of the molecule is CC1(C)CC(=O)C2=C(C1)Nc1ccccc1N[C@H]2c1cccc([N+](=O)[O-])c1. The van der Waals surface area contributed by atoms with Gasteiger partial charge in [-0.2, -0.15) is 0 Å². The first-order chi connectivity index (χ1) is 12.8. The lowest BCUT2D eigenvalue weighted by Gasteiger charge is -2.34.